The molecule has 2 unspecified atom stereocenters. The molecule has 104 valence electrons. The van der Waals surface area contributed by atoms with Gasteiger partial charge in [-0.3, -0.25) is 0 Å². The maximum Gasteiger partial charge on any atom is 0.0705 e. The van der Waals surface area contributed by atoms with E-state index in [1.807, 2.05) is 0 Å². The van der Waals surface area contributed by atoms with Crippen LogP contribution in [0.1, 0.15) is 81.8 Å². The first kappa shape index (κ1) is 13.1. The maximum absolute atomic E-state index is 4.63. The van der Waals surface area contributed by atoms with E-state index in [4.69, 9.17) is 0 Å². The molecule has 2 atom stereocenters. The highest BCUT2D eigenvalue weighted by Gasteiger charge is 2.53. The van der Waals surface area contributed by atoms with Crippen molar-refractivity contribution in [3.05, 3.63) is 22.5 Å². The molecule has 0 spiro atoms. The summed E-state index contributed by atoms with van der Waals surface area (Å²) >= 11 is 0. The minimum absolute atomic E-state index is 0.279. The van der Waals surface area contributed by atoms with Gasteiger partial charge in [-0.15, -0.1) is 0 Å². The third kappa shape index (κ3) is 1.83. The van der Waals surface area contributed by atoms with E-state index in [2.05, 4.69) is 51.7 Å². The van der Waals surface area contributed by atoms with Gasteiger partial charge in [-0.05, 0) is 54.1 Å². The molecule has 2 aliphatic rings. The monoisotopic (exact) mass is 258 g/mol. The molecule has 1 heterocycles. The molecular weight excluding hydrogens is 232 g/mol. The van der Waals surface area contributed by atoms with Gasteiger partial charge in [-0.25, -0.2) is 0 Å². The summed E-state index contributed by atoms with van der Waals surface area (Å²) in [7, 11) is 0. The Morgan fingerprint density at radius 2 is 1.74 bits per heavy atom. The molecule has 3 rings (SSSR count). The molecule has 2 nitrogen and oxygen atoms in total. The van der Waals surface area contributed by atoms with E-state index in [1.54, 1.807) is 5.56 Å². The number of hydrogen-bond donors (Lipinski definition) is 0. The molecule has 2 bridgehead atoms. The molecule has 19 heavy (non-hydrogen) atoms. The summed E-state index contributed by atoms with van der Waals surface area (Å²) in [5.74, 6) is 1.35. The zero-order valence-corrected chi connectivity index (χ0v) is 13.2. The van der Waals surface area contributed by atoms with Crippen LogP contribution in [-0.2, 0) is 6.42 Å². The molecular formula is C17H26N2. The summed E-state index contributed by atoms with van der Waals surface area (Å²) in [6.45, 7) is 13.9. The van der Waals surface area contributed by atoms with Crippen molar-refractivity contribution >= 4 is 0 Å². The number of aromatic nitrogens is 2. The van der Waals surface area contributed by atoms with Crippen LogP contribution in [0.15, 0.2) is 0 Å². The average Bonchev–Trinajstić information content (AvgIpc) is 2.68. The van der Waals surface area contributed by atoms with Gasteiger partial charge in [-0.1, -0.05) is 34.6 Å². The van der Waals surface area contributed by atoms with Gasteiger partial charge < -0.3 is 0 Å². The van der Waals surface area contributed by atoms with Crippen molar-refractivity contribution in [2.75, 3.05) is 0 Å². The van der Waals surface area contributed by atoms with E-state index >= 15 is 0 Å². The highest BCUT2D eigenvalue weighted by Crippen LogP contribution is 2.64. The van der Waals surface area contributed by atoms with Gasteiger partial charge in [-0.2, -0.15) is 10.2 Å². The Balaban J connectivity index is 2.07. The second-order valence-electron chi connectivity index (χ2n) is 8.31. The van der Waals surface area contributed by atoms with Crippen LogP contribution in [0.5, 0.6) is 0 Å². The molecule has 2 aliphatic carbocycles. The van der Waals surface area contributed by atoms with Gasteiger partial charge in [0.1, 0.15) is 0 Å². The topological polar surface area (TPSA) is 25.8 Å². The Morgan fingerprint density at radius 1 is 1.11 bits per heavy atom. The van der Waals surface area contributed by atoms with Gasteiger partial charge in [0.2, 0.25) is 0 Å². The zero-order valence-electron chi connectivity index (χ0n) is 13.2. The Kier molecular flexibility index (Phi) is 2.62. The fourth-order valence-corrected chi connectivity index (χ4v) is 4.28. The lowest BCUT2D eigenvalue weighted by Gasteiger charge is -2.24. The fourth-order valence-electron chi connectivity index (χ4n) is 4.28. The molecule has 0 N–H and O–H groups in total. The molecule has 0 amide bonds. The van der Waals surface area contributed by atoms with Crippen LogP contribution in [0.3, 0.4) is 0 Å². The van der Waals surface area contributed by atoms with Gasteiger partial charge >= 0.3 is 0 Å². The standard InChI is InChI=1S/C17H26N2/c1-10-13(9-16(2,3)4)18-19-15-12-8-7-11(14(10)15)17(12,5)6/h11-12H,7-9H2,1-6H3. The summed E-state index contributed by atoms with van der Waals surface area (Å²) in [5, 5.41) is 9.20. The van der Waals surface area contributed by atoms with E-state index in [0.717, 1.165) is 6.42 Å². The summed E-state index contributed by atoms with van der Waals surface area (Å²) in [6, 6.07) is 0. The van der Waals surface area contributed by atoms with Crippen LogP contribution in [-0.4, -0.2) is 10.2 Å². The number of nitrogens with zero attached hydrogens (tertiary/aromatic N) is 2. The molecule has 0 saturated heterocycles. The minimum atomic E-state index is 0.279. The summed E-state index contributed by atoms with van der Waals surface area (Å²) in [5.41, 5.74) is 6.19. The van der Waals surface area contributed by atoms with E-state index in [9.17, 15) is 0 Å². The molecule has 1 fully saturated rings. The Labute approximate surface area is 117 Å². The van der Waals surface area contributed by atoms with Crippen molar-refractivity contribution in [1.82, 2.24) is 10.2 Å². The van der Waals surface area contributed by atoms with E-state index < -0.39 is 0 Å². The van der Waals surface area contributed by atoms with Gasteiger partial charge in [0, 0.05) is 5.92 Å². The SMILES string of the molecule is Cc1c(CC(C)(C)C)nnc2c1C1CCC2C1(C)C. The van der Waals surface area contributed by atoms with Crippen LogP contribution < -0.4 is 0 Å². The van der Waals surface area contributed by atoms with Crippen molar-refractivity contribution in [1.29, 1.82) is 0 Å². The van der Waals surface area contributed by atoms with Crippen LogP contribution in [0.2, 0.25) is 0 Å². The van der Waals surface area contributed by atoms with Crippen molar-refractivity contribution in [3.8, 4) is 0 Å². The molecule has 0 radical (unpaired) electrons. The lowest BCUT2D eigenvalue weighted by atomic mass is 9.79. The number of rotatable bonds is 1. The van der Waals surface area contributed by atoms with Gasteiger partial charge in [0.15, 0.2) is 0 Å². The minimum Gasteiger partial charge on any atom is -0.155 e. The molecule has 0 aromatic carbocycles. The van der Waals surface area contributed by atoms with E-state index in [-0.39, 0.29) is 5.41 Å². The van der Waals surface area contributed by atoms with Gasteiger partial charge in [0.05, 0.1) is 11.4 Å². The molecule has 2 heteroatoms. The van der Waals surface area contributed by atoms with Crippen molar-refractivity contribution in [3.63, 3.8) is 0 Å². The van der Waals surface area contributed by atoms with Crippen LogP contribution in [0.4, 0.5) is 0 Å². The Morgan fingerprint density at radius 3 is 2.37 bits per heavy atom. The highest BCUT2D eigenvalue weighted by molar-refractivity contribution is 5.46. The molecule has 0 aliphatic heterocycles. The normalized spacial score (nSPS) is 27.7. The van der Waals surface area contributed by atoms with E-state index in [0.29, 0.717) is 17.3 Å². The largest absolute Gasteiger partial charge is 0.155 e. The van der Waals surface area contributed by atoms with Crippen LogP contribution >= 0.6 is 0 Å². The quantitative estimate of drug-likeness (QED) is 0.747. The van der Waals surface area contributed by atoms with E-state index in [1.165, 1.54) is 29.8 Å². The first-order valence-corrected chi connectivity index (χ1v) is 7.58. The second-order valence-corrected chi connectivity index (χ2v) is 8.31. The third-order valence-electron chi connectivity index (χ3n) is 5.31. The summed E-state index contributed by atoms with van der Waals surface area (Å²) in [4.78, 5) is 0. The Hall–Kier alpha value is -0.920. The summed E-state index contributed by atoms with van der Waals surface area (Å²) < 4.78 is 0. The Bertz CT molecular complexity index is 523. The molecule has 1 saturated carbocycles. The summed E-state index contributed by atoms with van der Waals surface area (Å²) in [6.07, 6.45) is 3.67. The van der Waals surface area contributed by atoms with Crippen molar-refractivity contribution in [2.45, 2.75) is 72.6 Å². The first-order chi connectivity index (χ1) is 8.72. The lowest BCUT2D eigenvalue weighted by molar-refractivity contribution is 0.322. The highest BCUT2D eigenvalue weighted by atomic mass is 15.1. The van der Waals surface area contributed by atoms with Crippen LogP contribution in [0.25, 0.3) is 0 Å². The second kappa shape index (κ2) is 3.80. The molecule has 1 aromatic heterocycles. The van der Waals surface area contributed by atoms with Crippen molar-refractivity contribution in [2.24, 2.45) is 10.8 Å². The number of fused-ring (bicyclic) bond motifs is 5. The number of hydrogen-bond acceptors (Lipinski definition) is 2. The zero-order chi connectivity index (χ0) is 14.0. The lowest BCUT2D eigenvalue weighted by Crippen LogP contribution is -2.16. The van der Waals surface area contributed by atoms with Gasteiger partial charge in [0.25, 0.3) is 0 Å². The molecule has 1 aromatic rings. The smallest absolute Gasteiger partial charge is 0.0705 e. The third-order valence-corrected chi connectivity index (χ3v) is 5.31. The predicted molar refractivity (Wildman–Crippen MR) is 78.4 cm³/mol. The first-order valence-electron chi connectivity index (χ1n) is 7.58. The average molecular weight is 258 g/mol. The predicted octanol–water partition coefficient (Wildman–Crippen LogP) is 4.37. The maximum atomic E-state index is 4.63. The van der Waals surface area contributed by atoms with Crippen LogP contribution in [0, 0.1) is 17.8 Å². The van der Waals surface area contributed by atoms with Crippen molar-refractivity contribution < 1.29 is 0 Å². The fraction of sp³-hybridized carbons (Fsp3) is 0.765.